The van der Waals surface area contributed by atoms with Crippen molar-refractivity contribution in [1.82, 2.24) is 0 Å². The molecule has 2 aliphatic carbocycles. The van der Waals surface area contributed by atoms with Crippen LogP contribution >= 0.6 is 0 Å². The standard InChI is InChI=1S/C15H20/c1-10(2)15-9-13(11-3-4-11)7-8-14(15)12-5-6-12/h7-12H,3-6H2,1-2H3. The summed E-state index contributed by atoms with van der Waals surface area (Å²) in [7, 11) is 0. The summed E-state index contributed by atoms with van der Waals surface area (Å²) in [6.45, 7) is 4.66. The summed E-state index contributed by atoms with van der Waals surface area (Å²) in [6, 6.07) is 7.30. The zero-order chi connectivity index (χ0) is 10.4. The second-order valence-corrected chi connectivity index (χ2v) is 5.59. The van der Waals surface area contributed by atoms with Crippen LogP contribution in [0.3, 0.4) is 0 Å². The van der Waals surface area contributed by atoms with Gasteiger partial charge in [-0.05, 0) is 60.1 Å². The van der Waals surface area contributed by atoms with Gasteiger partial charge in [-0.2, -0.15) is 0 Å². The third-order valence-corrected chi connectivity index (χ3v) is 3.80. The van der Waals surface area contributed by atoms with Crippen molar-refractivity contribution >= 4 is 0 Å². The summed E-state index contributed by atoms with van der Waals surface area (Å²) in [4.78, 5) is 0. The molecule has 0 nitrogen and oxygen atoms in total. The van der Waals surface area contributed by atoms with E-state index in [1.165, 1.54) is 25.7 Å². The van der Waals surface area contributed by atoms with Gasteiger partial charge < -0.3 is 0 Å². The number of rotatable bonds is 3. The van der Waals surface area contributed by atoms with E-state index >= 15 is 0 Å². The fourth-order valence-corrected chi connectivity index (χ4v) is 2.53. The molecule has 0 N–H and O–H groups in total. The van der Waals surface area contributed by atoms with E-state index in [0.717, 1.165) is 11.8 Å². The molecule has 0 bridgehead atoms. The van der Waals surface area contributed by atoms with E-state index < -0.39 is 0 Å². The molecule has 0 radical (unpaired) electrons. The minimum absolute atomic E-state index is 0.694. The Balaban J connectivity index is 1.99. The quantitative estimate of drug-likeness (QED) is 0.670. The Kier molecular flexibility index (Phi) is 2.12. The van der Waals surface area contributed by atoms with Crippen molar-refractivity contribution in [2.45, 2.75) is 57.3 Å². The lowest BCUT2D eigenvalue weighted by Crippen LogP contribution is -1.96. The Morgan fingerprint density at radius 2 is 1.67 bits per heavy atom. The highest BCUT2D eigenvalue weighted by Gasteiger charge is 2.29. The summed E-state index contributed by atoms with van der Waals surface area (Å²) in [6.07, 6.45) is 5.67. The van der Waals surface area contributed by atoms with Crippen LogP contribution in [0.5, 0.6) is 0 Å². The van der Waals surface area contributed by atoms with Crippen molar-refractivity contribution in [2.24, 2.45) is 0 Å². The SMILES string of the molecule is CC(C)c1cc(C2CC2)ccc1C1CC1. The average Bonchev–Trinajstić information content (AvgIpc) is 3.07. The highest BCUT2D eigenvalue weighted by atomic mass is 14.3. The molecule has 0 aromatic heterocycles. The monoisotopic (exact) mass is 200 g/mol. The van der Waals surface area contributed by atoms with Crippen molar-refractivity contribution in [2.75, 3.05) is 0 Å². The Bertz CT molecular complexity index is 368. The Morgan fingerprint density at radius 3 is 2.20 bits per heavy atom. The van der Waals surface area contributed by atoms with Gasteiger partial charge in [-0.1, -0.05) is 32.0 Å². The smallest absolute Gasteiger partial charge is 0.0159 e. The van der Waals surface area contributed by atoms with Crippen LogP contribution in [0.4, 0.5) is 0 Å². The maximum atomic E-state index is 2.50. The van der Waals surface area contributed by atoms with Crippen molar-refractivity contribution < 1.29 is 0 Å². The van der Waals surface area contributed by atoms with Gasteiger partial charge in [0.15, 0.2) is 0 Å². The first kappa shape index (κ1) is 9.45. The zero-order valence-corrected chi connectivity index (χ0v) is 9.79. The lowest BCUT2D eigenvalue weighted by atomic mass is 9.91. The van der Waals surface area contributed by atoms with Gasteiger partial charge in [0, 0.05) is 0 Å². The molecule has 0 saturated heterocycles. The fourth-order valence-electron chi connectivity index (χ4n) is 2.53. The molecule has 0 aliphatic heterocycles. The van der Waals surface area contributed by atoms with Crippen LogP contribution < -0.4 is 0 Å². The first-order chi connectivity index (χ1) is 7.25. The predicted octanol–water partition coefficient (Wildman–Crippen LogP) is 4.56. The third-order valence-electron chi connectivity index (χ3n) is 3.80. The number of hydrogen-bond acceptors (Lipinski definition) is 0. The molecule has 15 heavy (non-hydrogen) atoms. The van der Waals surface area contributed by atoms with Gasteiger partial charge in [-0.15, -0.1) is 0 Å². The van der Waals surface area contributed by atoms with Gasteiger partial charge in [0.1, 0.15) is 0 Å². The van der Waals surface area contributed by atoms with E-state index in [2.05, 4.69) is 32.0 Å². The molecule has 80 valence electrons. The Morgan fingerprint density at radius 1 is 1.00 bits per heavy atom. The van der Waals surface area contributed by atoms with E-state index in [-0.39, 0.29) is 0 Å². The van der Waals surface area contributed by atoms with Crippen LogP contribution in [0.1, 0.15) is 74.0 Å². The van der Waals surface area contributed by atoms with Gasteiger partial charge in [-0.25, -0.2) is 0 Å². The summed E-state index contributed by atoms with van der Waals surface area (Å²) in [5, 5.41) is 0. The van der Waals surface area contributed by atoms with Gasteiger partial charge in [0.25, 0.3) is 0 Å². The lowest BCUT2D eigenvalue weighted by molar-refractivity contribution is 0.837. The van der Waals surface area contributed by atoms with E-state index in [1.807, 2.05) is 0 Å². The fraction of sp³-hybridized carbons (Fsp3) is 0.600. The molecule has 3 rings (SSSR count). The Hall–Kier alpha value is -0.780. The molecule has 2 saturated carbocycles. The molecule has 2 aliphatic rings. The van der Waals surface area contributed by atoms with Crippen molar-refractivity contribution in [3.05, 3.63) is 34.9 Å². The summed E-state index contributed by atoms with van der Waals surface area (Å²) >= 11 is 0. The summed E-state index contributed by atoms with van der Waals surface area (Å²) in [5.74, 6) is 2.49. The van der Waals surface area contributed by atoms with Crippen molar-refractivity contribution in [1.29, 1.82) is 0 Å². The maximum absolute atomic E-state index is 2.50. The molecule has 0 heterocycles. The van der Waals surface area contributed by atoms with Crippen LogP contribution in [-0.2, 0) is 0 Å². The van der Waals surface area contributed by atoms with Crippen LogP contribution in [0.15, 0.2) is 18.2 Å². The average molecular weight is 200 g/mol. The predicted molar refractivity (Wildman–Crippen MR) is 64.5 cm³/mol. The summed E-state index contributed by atoms with van der Waals surface area (Å²) < 4.78 is 0. The van der Waals surface area contributed by atoms with Gasteiger partial charge in [-0.3, -0.25) is 0 Å². The van der Waals surface area contributed by atoms with E-state index in [9.17, 15) is 0 Å². The first-order valence-electron chi connectivity index (χ1n) is 6.39. The van der Waals surface area contributed by atoms with E-state index in [0.29, 0.717) is 5.92 Å². The molecule has 1 aromatic carbocycles. The van der Waals surface area contributed by atoms with E-state index in [1.54, 1.807) is 16.7 Å². The van der Waals surface area contributed by atoms with Crippen LogP contribution in [0.25, 0.3) is 0 Å². The molecular formula is C15H20. The third kappa shape index (κ3) is 1.82. The molecule has 0 unspecified atom stereocenters. The number of benzene rings is 1. The minimum atomic E-state index is 0.694. The van der Waals surface area contributed by atoms with Crippen LogP contribution in [0, 0.1) is 0 Å². The molecule has 1 aromatic rings. The molecule has 0 heteroatoms. The topological polar surface area (TPSA) is 0 Å². The second kappa shape index (κ2) is 3.37. The first-order valence-corrected chi connectivity index (χ1v) is 6.39. The molecular weight excluding hydrogens is 180 g/mol. The largest absolute Gasteiger partial charge is 0.0587 e. The van der Waals surface area contributed by atoms with Crippen LogP contribution in [0.2, 0.25) is 0 Å². The van der Waals surface area contributed by atoms with Gasteiger partial charge in [0.05, 0.1) is 0 Å². The highest BCUT2D eigenvalue weighted by molar-refractivity contribution is 5.40. The second-order valence-electron chi connectivity index (χ2n) is 5.59. The molecule has 0 atom stereocenters. The van der Waals surface area contributed by atoms with E-state index in [4.69, 9.17) is 0 Å². The number of hydrogen-bond donors (Lipinski definition) is 0. The molecule has 2 fully saturated rings. The normalized spacial score (nSPS) is 21.0. The molecule has 0 amide bonds. The Labute approximate surface area is 92.7 Å². The van der Waals surface area contributed by atoms with Crippen molar-refractivity contribution in [3.63, 3.8) is 0 Å². The van der Waals surface area contributed by atoms with Gasteiger partial charge >= 0.3 is 0 Å². The minimum Gasteiger partial charge on any atom is -0.0587 e. The highest BCUT2D eigenvalue weighted by Crippen LogP contribution is 2.46. The lowest BCUT2D eigenvalue weighted by Gasteiger charge is -2.14. The van der Waals surface area contributed by atoms with Gasteiger partial charge in [0.2, 0.25) is 0 Å². The van der Waals surface area contributed by atoms with Crippen molar-refractivity contribution in [3.8, 4) is 0 Å². The molecule has 0 spiro atoms. The van der Waals surface area contributed by atoms with Crippen LogP contribution in [-0.4, -0.2) is 0 Å². The summed E-state index contributed by atoms with van der Waals surface area (Å²) in [5.41, 5.74) is 4.87. The maximum Gasteiger partial charge on any atom is -0.0159 e. The zero-order valence-electron chi connectivity index (χ0n) is 9.79.